The largest absolute Gasteiger partial charge is 0.465 e. The molecule has 0 aliphatic rings. The molecular formula is C11H6BrCl2NO2. The fourth-order valence-electron chi connectivity index (χ4n) is 1.45. The van der Waals surface area contributed by atoms with E-state index in [0.717, 1.165) is 4.47 Å². The van der Waals surface area contributed by atoms with Gasteiger partial charge in [-0.25, -0.2) is 4.79 Å². The Morgan fingerprint density at radius 2 is 2.12 bits per heavy atom. The molecule has 0 fully saturated rings. The number of aromatic nitrogens is 1. The maximum absolute atomic E-state index is 11.5. The molecule has 6 heteroatoms. The molecule has 1 aromatic carbocycles. The van der Waals surface area contributed by atoms with Gasteiger partial charge in [-0.05, 0) is 12.1 Å². The highest BCUT2D eigenvalue weighted by molar-refractivity contribution is 9.10. The third-order valence-electron chi connectivity index (χ3n) is 2.23. The van der Waals surface area contributed by atoms with Crippen LogP contribution in [0, 0.1) is 0 Å². The summed E-state index contributed by atoms with van der Waals surface area (Å²) in [5.74, 6) is -0.527. The summed E-state index contributed by atoms with van der Waals surface area (Å²) in [6, 6.07) is 3.47. The number of methoxy groups -OCH3 is 1. The zero-order valence-electron chi connectivity index (χ0n) is 8.63. The van der Waals surface area contributed by atoms with Crippen LogP contribution in [0.15, 0.2) is 22.8 Å². The molecule has 0 aliphatic heterocycles. The van der Waals surface area contributed by atoms with E-state index in [4.69, 9.17) is 23.2 Å². The summed E-state index contributed by atoms with van der Waals surface area (Å²) in [4.78, 5) is 15.6. The summed E-state index contributed by atoms with van der Waals surface area (Å²) in [6.07, 6.45) is 1.36. The highest BCUT2D eigenvalue weighted by atomic mass is 79.9. The predicted octanol–water partition coefficient (Wildman–Crippen LogP) is 4.09. The van der Waals surface area contributed by atoms with Crippen LogP contribution in [0.2, 0.25) is 10.0 Å². The van der Waals surface area contributed by atoms with Gasteiger partial charge in [0.05, 0.1) is 28.2 Å². The van der Waals surface area contributed by atoms with Gasteiger partial charge in [0, 0.05) is 16.1 Å². The summed E-state index contributed by atoms with van der Waals surface area (Å²) < 4.78 is 5.38. The first kappa shape index (κ1) is 12.6. The number of benzene rings is 1. The number of carbonyl (C=O) groups excluding carboxylic acids is 1. The summed E-state index contributed by atoms with van der Waals surface area (Å²) in [5, 5.41) is 1.35. The molecule has 0 spiro atoms. The predicted molar refractivity (Wildman–Crippen MR) is 70.8 cm³/mol. The minimum absolute atomic E-state index is 0.218. The van der Waals surface area contributed by atoms with Gasteiger partial charge in [0.2, 0.25) is 0 Å². The van der Waals surface area contributed by atoms with Gasteiger partial charge >= 0.3 is 5.97 Å². The van der Waals surface area contributed by atoms with Crippen LogP contribution >= 0.6 is 39.1 Å². The van der Waals surface area contributed by atoms with Gasteiger partial charge in [0.25, 0.3) is 0 Å². The number of carbonyl (C=O) groups is 1. The standard InChI is InChI=1S/C11H6BrCl2NO2/c1-17-11(16)7-4-15-10-6(9(7)14)2-5(12)3-8(10)13/h2-4H,1H3. The minimum Gasteiger partial charge on any atom is -0.465 e. The number of hydrogen-bond donors (Lipinski definition) is 0. The van der Waals surface area contributed by atoms with E-state index in [1.54, 1.807) is 12.1 Å². The minimum atomic E-state index is -0.527. The summed E-state index contributed by atoms with van der Waals surface area (Å²) in [7, 11) is 1.29. The topological polar surface area (TPSA) is 39.2 Å². The molecular weight excluding hydrogens is 329 g/mol. The molecule has 0 saturated heterocycles. The smallest absolute Gasteiger partial charge is 0.340 e. The number of rotatable bonds is 1. The van der Waals surface area contributed by atoms with Crippen LogP contribution in [0.5, 0.6) is 0 Å². The molecule has 0 unspecified atom stereocenters. The average Bonchev–Trinajstić information content (AvgIpc) is 2.29. The van der Waals surface area contributed by atoms with E-state index in [2.05, 4.69) is 25.7 Å². The van der Waals surface area contributed by atoms with E-state index in [1.165, 1.54) is 13.3 Å². The first-order chi connectivity index (χ1) is 8.04. The van der Waals surface area contributed by atoms with Crippen molar-refractivity contribution < 1.29 is 9.53 Å². The van der Waals surface area contributed by atoms with E-state index < -0.39 is 5.97 Å². The summed E-state index contributed by atoms with van der Waals surface area (Å²) >= 11 is 15.5. The maximum atomic E-state index is 11.5. The van der Waals surface area contributed by atoms with Crippen LogP contribution in [0.1, 0.15) is 10.4 Å². The number of fused-ring (bicyclic) bond motifs is 1. The molecule has 0 radical (unpaired) electrons. The molecule has 0 N–H and O–H groups in total. The van der Waals surface area contributed by atoms with Gasteiger partial charge in [-0.15, -0.1) is 0 Å². The van der Waals surface area contributed by atoms with E-state index >= 15 is 0 Å². The number of halogens is 3. The Morgan fingerprint density at radius 1 is 1.41 bits per heavy atom. The third kappa shape index (κ3) is 2.25. The SMILES string of the molecule is COC(=O)c1cnc2c(Cl)cc(Br)cc2c1Cl. The van der Waals surface area contributed by atoms with Gasteiger partial charge in [0.1, 0.15) is 0 Å². The maximum Gasteiger partial charge on any atom is 0.340 e. The van der Waals surface area contributed by atoms with Gasteiger partial charge < -0.3 is 4.74 Å². The monoisotopic (exact) mass is 333 g/mol. The van der Waals surface area contributed by atoms with Gasteiger partial charge in [-0.3, -0.25) is 4.98 Å². The van der Waals surface area contributed by atoms with E-state index in [1.807, 2.05) is 0 Å². The van der Waals surface area contributed by atoms with Gasteiger partial charge in [-0.2, -0.15) is 0 Å². The van der Waals surface area contributed by atoms with E-state index in [0.29, 0.717) is 15.9 Å². The molecule has 88 valence electrons. The van der Waals surface area contributed by atoms with Crippen molar-refractivity contribution in [2.75, 3.05) is 7.11 Å². The van der Waals surface area contributed by atoms with Crippen molar-refractivity contribution in [2.24, 2.45) is 0 Å². The number of hydrogen-bond acceptors (Lipinski definition) is 3. The van der Waals surface area contributed by atoms with Crippen LogP contribution < -0.4 is 0 Å². The number of esters is 1. The molecule has 1 aromatic heterocycles. The van der Waals surface area contributed by atoms with Crippen LogP contribution in [0.3, 0.4) is 0 Å². The Hall–Kier alpha value is -0.840. The molecule has 0 atom stereocenters. The Morgan fingerprint density at radius 3 is 2.76 bits per heavy atom. The molecule has 0 saturated carbocycles. The van der Waals surface area contributed by atoms with Crippen molar-refractivity contribution in [3.63, 3.8) is 0 Å². The van der Waals surface area contributed by atoms with E-state index in [9.17, 15) is 4.79 Å². The highest BCUT2D eigenvalue weighted by Crippen LogP contribution is 2.33. The Kier molecular flexibility index (Phi) is 3.56. The lowest BCUT2D eigenvalue weighted by Crippen LogP contribution is -2.03. The lowest BCUT2D eigenvalue weighted by molar-refractivity contribution is 0.0600. The van der Waals surface area contributed by atoms with Crippen molar-refractivity contribution in [1.29, 1.82) is 0 Å². The third-order valence-corrected chi connectivity index (χ3v) is 3.38. The first-order valence-electron chi connectivity index (χ1n) is 4.56. The lowest BCUT2D eigenvalue weighted by atomic mass is 10.1. The first-order valence-corrected chi connectivity index (χ1v) is 6.11. The normalized spacial score (nSPS) is 10.6. The number of pyridine rings is 1. The lowest BCUT2D eigenvalue weighted by Gasteiger charge is -2.07. The molecule has 1 heterocycles. The highest BCUT2D eigenvalue weighted by Gasteiger charge is 2.16. The molecule has 0 amide bonds. The van der Waals surface area contributed by atoms with Crippen molar-refractivity contribution in [3.05, 3.63) is 38.4 Å². The van der Waals surface area contributed by atoms with Crippen LogP contribution in [-0.4, -0.2) is 18.1 Å². The second kappa shape index (κ2) is 4.80. The zero-order chi connectivity index (χ0) is 12.6. The summed E-state index contributed by atoms with van der Waals surface area (Å²) in [6.45, 7) is 0. The van der Waals surface area contributed by atoms with Crippen LogP contribution in [0.25, 0.3) is 10.9 Å². The van der Waals surface area contributed by atoms with E-state index in [-0.39, 0.29) is 10.6 Å². The second-order valence-corrected chi connectivity index (χ2v) is 4.96. The molecule has 0 aliphatic carbocycles. The fourth-order valence-corrected chi connectivity index (χ4v) is 2.58. The number of ether oxygens (including phenoxy) is 1. The molecule has 17 heavy (non-hydrogen) atoms. The quantitative estimate of drug-likeness (QED) is 0.737. The molecule has 2 rings (SSSR count). The average molecular weight is 335 g/mol. The Labute approximate surface area is 116 Å². The fraction of sp³-hybridized carbons (Fsp3) is 0.0909. The van der Waals surface area contributed by atoms with Gasteiger partial charge in [-0.1, -0.05) is 39.1 Å². The van der Waals surface area contributed by atoms with Crippen molar-refractivity contribution in [3.8, 4) is 0 Å². The van der Waals surface area contributed by atoms with Gasteiger partial charge in [0.15, 0.2) is 0 Å². The van der Waals surface area contributed by atoms with Crippen molar-refractivity contribution in [1.82, 2.24) is 4.98 Å². The molecule has 2 aromatic rings. The van der Waals surface area contributed by atoms with Crippen molar-refractivity contribution in [2.45, 2.75) is 0 Å². The molecule has 3 nitrogen and oxygen atoms in total. The molecule has 0 bridgehead atoms. The second-order valence-electron chi connectivity index (χ2n) is 3.26. The number of nitrogens with zero attached hydrogens (tertiary/aromatic N) is 1. The Bertz CT molecular complexity index is 616. The van der Waals surface area contributed by atoms with Crippen LogP contribution in [0.4, 0.5) is 0 Å². The van der Waals surface area contributed by atoms with Crippen LogP contribution in [-0.2, 0) is 4.74 Å². The van der Waals surface area contributed by atoms with Crippen molar-refractivity contribution >= 4 is 56.0 Å². The zero-order valence-corrected chi connectivity index (χ0v) is 11.7. The Balaban J connectivity index is 2.79. The summed E-state index contributed by atoms with van der Waals surface area (Å²) in [5.41, 5.74) is 0.767.